The molecule has 118 valence electrons. The molecule has 0 radical (unpaired) electrons. The standard InChI is InChI=1S/C19H19NO3/c1-19(2)10-15-9-14(18(22)23)6-7-16(15)20-17(19)13-5-3-4-12(8-13)11-21/h3,5-9,17,20H,4,10H2,1-2H3,(H,22,23). The highest BCUT2D eigenvalue weighted by atomic mass is 16.4. The van der Waals surface area contributed by atoms with E-state index in [-0.39, 0.29) is 11.5 Å². The molecular weight excluding hydrogens is 290 g/mol. The summed E-state index contributed by atoms with van der Waals surface area (Å²) in [5, 5.41) is 12.7. The lowest BCUT2D eigenvalue weighted by Gasteiger charge is -2.42. The van der Waals surface area contributed by atoms with Crippen molar-refractivity contribution in [3.05, 3.63) is 58.7 Å². The first kappa shape index (κ1) is 15.3. The van der Waals surface area contributed by atoms with Gasteiger partial charge in [0.2, 0.25) is 0 Å². The second kappa shape index (κ2) is 5.56. The van der Waals surface area contributed by atoms with Gasteiger partial charge in [-0.05, 0) is 47.2 Å². The highest BCUT2D eigenvalue weighted by molar-refractivity contribution is 5.88. The number of fused-ring (bicyclic) bond motifs is 1. The van der Waals surface area contributed by atoms with E-state index in [1.165, 1.54) is 0 Å². The second-order valence-corrected chi connectivity index (χ2v) is 6.80. The summed E-state index contributed by atoms with van der Waals surface area (Å²) in [6, 6.07) is 5.24. The van der Waals surface area contributed by atoms with Crippen molar-refractivity contribution in [2.75, 3.05) is 5.32 Å². The summed E-state index contributed by atoms with van der Waals surface area (Å²) in [7, 11) is 0. The summed E-state index contributed by atoms with van der Waals surface area (Å²) in [5.74, 6) is 1.07. The first-order chi connectivity index (χ1) is 10.9. The fourth-order valence-corrected chi connectivity index (χ4v) is 3.37. The van der Waals surface area contributed by atoms with E-state index in [1.807, 2.05) is 24.2 Å². The van der Waals surface area contributed by atoms with Crippen LogP contribution in [0.1, 0.15) is 36.2 Å². The molecule has 1 aromatic rings. The third-order valence-electron chi connectivity index (χ3n) is 4.53. The Kier molecular flexibility index (Phi) is 3.70. The van der Waals surface area contributed by atoms with Gasteiger partial charge in [0.05, 0.1) is 11.6 Å². The summed E-state index contributed by atoms with van der Waals surface area (Å²) in [4.78, 5) is 22.1. The topological polar surface area (TPSA) is 66.4 Å². The Morgan fingerprint density at radius 2 is 2.17 bits per heavy atom. The monoisotopic (exact) mass is 309 g/mol. The Bertz CT molecular complexity index is 780. The highest BCUT2D eigenvalue weighted by Crippen LogP contribution is 2.41. The zero-order valence-electron chi connectivity index (χ0n) is 13.2. The Balaban J connectivity index is 1.99. The molecule has 23 heavy (non-hydrogen) atoms. The number of carboxylic acids is 1. The first-order valence-corrected chi connectivity index (χ1v) is 7.65. The van der Waals surface area contributed by atoms with Gasteiger partial charge < -0.3 is 10.4 Å². The van der Waals surface area contributed by atoms with E-state index in [4.69, 9.17) is 5.11 Å². The third kappa shape index (κ3) is 2.86. The fraction of sp³-hybridized carbons (Fsp3) is 0.316. The van der Waals surface area contributed by atoms with Gasteiger partial charge in [-0.3, -0.25) is 0 Å². The molecule has 0 aromatic heterocycles. The van der Waals surface area contributed by atoms with Crippen molar-refractivity contribution in [2.45, 2.75) is 32.7 Å². The predicted molar refractivity (Wildman–Crippen MR) is 89.3 cm³/mol. The summed E-state index contributed by atoms with van der Waals surface area (Å²) in [6.45, 7) is 4.29. The average molecular weight is 309 g/mol. The number of carboxylic acid groups (broad SMARTS) is 1. The second-order valence-electron chi connectivity index (χ2n) is 6.80. The van der Waals surface area contributed by atoms with Crippen molar-refractivity contribution < 1.29 is 14.7 Å². The van der Waals surface area contributed by atoms with E-state index in [1.54, 1.807) is 12.1 Å². The normalized spacial score (nSPS) is 21.7. The maximum absolute atomic E-state index is 11.2. The average Bonchev–Trinajstić information content (AvgIpc) is 2.52. The van der Waals surface area contributed by atoms with Crippen LogP contribution in [0.4, 0.5) is 5.69 Å². The van der Waals surface area contributed by atoms with Gasteiger partial charge in [-0.15, -0.1) is 0 Å². The SMILES string of the molecule is CC1(C)Cc2cc(C(=O)O)ccc2NC1C1=CC(=C=O)CC=C1. The molecule has 0 saturated carbocycles. The molecule has 0 saturated heterocycles. The lowest BCUT2D eigenvalue weighted by molar-refractivity contribution is 0.0696. The first-order valence-electron chi connectivity index (χ1n) is 7.65. The number of hydrogen-bond donors (Lipinski definition) is 2. The number of carbonyl (C=O) groups is 1. The molecule has 4 heteroatoms. The van der Waals surface area contributed by atoms with Crippen molar-refractivity contribution in [2.24, 2.45) is 5.41 Å². The van der Waals surface area contributed by atoms with Crippen molar-refractivity contribution in [3.63, 3.8) is 0 Å². The van der Waals surface area contributed by atoms with E-state index < -0.39 is 5.97 Å². The molecule has 0 fully saturated rings. The van der Waals surface area contributed by atoms with Gasteiger partial charge in [0.15, 0.2) is 0 Å². The Morgan fingerprint density at radius 1 is 1.39 bits per heavy atom. The molecule has 0 spiro atoms. The zero-order chi connectivity index (χ0) is 16.6. The lowest BCUT2D eigenvalue weighted by Crippen LogP contribution is -2.43. The fourth-order valence-electron chi connectivity index (χ4n) is 3.37. The number of hydrogen-bond acceptors (Lipinski definition) is 3. The molecule has 2 N–H and O–H groups in total. The Morgan fingerprint density at radius 3 is 2.87 bits per heavy atom. The van der Waals surface area contributed by atoms with Crippen LogP contribution in [0.15, 0.2) is 47.6 Å². The van der Waals surface area contributed by atoms with Gasteiger partial charge in [0, 0.05) is 17.7 Å². The summed E-state index contributed by atoms with van der Waals surface area (Å²) < 4.78 is 0. The molecule has 0 bridgehead atoms. The highest BCUT2D eigenvalue weighted by Gasteiger charge is 2.37. The van der Waals surface area contributed by atoms with Crippen molar-refractivity contribution >= 4 is 17.6 Å². The van der Waals surface area contributed by atoms with E-state index in [0.29, 0.717) is 17.6 Å². The number of carbonyl (C=O) groups excluding carboxylic acids is 1. The van der Waals surface area contributed by atoms with E-state index >= 15 is 0 Å². The van der Waals surface area contributed by atoms with Gasteiger partial charge in [-0.1, -0.05) is 26.0 Å². The van der Waals surface area contributed by atoms with Gasteiger partial charge in [0.1, 0.15) is 5.94 Å². The van der Waals surface area contributed by atoms with E-state index in [0.717, 1.165) is 23.2 Å². The lowest BCUT2D eigenvalue weighted by atomic mass is 9.71. The number of benzene rings is 1. The van der Waals surface area contributed by atoms with Crippen LogP contribution in [-0.2, 0) is 11.2 Å². The number of rotatable bonds is 2. The van der Waals surface area contributed by atoms with Gasteiger partial charge in [-0.2, -0.15) is 0 Å². The van der Waals surface area contributed by atoms with Gasteiger partial charge >= 0.3 is 5.97 Å². The number of aromatic carboxylic acids is 1. The molecule has 2 aliphatic rings. The molecule has 1 heterocycles. The molecule has 1 aromatic carbocycles. The number of anilines is 1. The molecule has 0 amide bonds. The Labute approximate surface area is 135 Å². The largest absolute Gasteiger partial charge is 0.478 e. The number of allylic oxidation sites excluding steroid dienone is 3. The molecular formula is C19H19NO3. The van der Waals surface area contributed by atoms with Crippen LogP contribution in [-0.4, -0.2) is 23.1 Å². The number of nitrogens with one attached hydrogen (secondary N) is 1. The molecule has 1 unspecified atom stereocenters. The minimum atomic E-state index is -0.911. The maximum Gasteiger partial charge on any atom is 0.335 e. The van der Waals surface area contributed by atoms with Gasteiger partial charge in [0.25, 0.3) is 0 Å². The predicted octanol–water partition coefficient (Wildman–Crippen LogP) is 3.39. The van der Waals surface area contributed by atoms with Crippen molar-refractivity contribution in [1.82, 2.24) is 0 Å². The minimum absolute atomic E-state index is 0.0607. The van der Waals surface area contributed by atoms with Crippen LogP contribution in [0.2, 0.25) is 0 Å². The van der Waals surface area contributed by atoms with Crippen molar-refractivity contribution in [3.8, 4) is 0 Å². The summed E-state index contributed by atoms with van der Waals surface area (Å²) >= 11 is 0. The van der Waals surface area contributed by atoms with Crippen LogP contribution in [0, 0.1) is 5.41 Å². The molecule has 4 nitrogen and oxygen atoms in total. The minimum Gasteiger partial charge on any atom is -0.478 e. The van der Waals surface area contributed by atoms with Gasteiger partial charge in [-0.25, -0.2) is 9.59 Å². The molecule has 1 aliphatic heterocycles. The van der Waals surface area contributed by atoms with Crippen LogP contribution in [0.5, 0.6) is 0 Å². The van der Waals surface area contributed by atoms with E-state index in [2.05, 4.69) is 25.2 Å². The molecule has 1 atom stereocenters. The Hall–Kier alpha value is -2.58. The maximum atomic E-state index is 11.2. The molecule has 3 rings (SSSR count). The van der Waals surface area contributed by atoms with Crippen LogP contribution in [0.25, 0.3) is 0 Å². The third-order valence-corrected chi connectivity index (χ3v) is 4.53. The van der Waals surface area contributed by atoms with Crippen LogP contribution in [0.3, 0.4) is 0 Å². The van der Waals surface area contributed by atoms with Crippen molar-refractivity contribution in [1.29, 1.82) is 0 Å². The smallest absolute Gasteiger partial charge is 0.335 e. The quantitative estimate of drug-likeness (QED) is 0.822. The summed E-state index contributed by atoms with van der Waals surface area (Å²) in [5.41, 5.74) is 3.89. The van der Waals surface area contributed by atoms with Crippen LogP contribution < -0.4 is 5.32 Å². The van der Waals surface area contributed by atoms with E-state index in [9.17, 15) is 9.59 Å². The molecule has 1 aliphatic carbocycles. The van der Waals surface area contributed by atoms with Crippen LogP contribution >= 0.6 is 0 Å². The summed E-state index contributed by atoms with van der Waals surface area (Å²) in [6.07, 6.45) is 7.33. The zero-order valence-corrected chi connectivity index (χ0v) is 13.2.